The monoisotopic (exact) mass is 385 g/mol. The van der Waals surface area contributed by atoms with Gasteiger partial charge in [0.05, 0.1) is 28.6 Å². The topological polar surface area (TPSA) is 42.8 Å². The molecule has 4 nitrogen and oxygen atoms in total. The van der Waals surface area contributed by atoms with Crippen LogP contribution in [0, 0.1) is 0 Å². The minimum absolute atomic E-state index is 0.116. The molecule has 1 atom stereocenters. The normalized spacial score (nSPS) is 11.8. The number of rotatable bonds is 8. The molecule has 0 saturated heterocycles. The van der Waals surface area contributed by atoms with E-state index in [-0.39, 0.29) is 5.91 Å². The minimum Gasteiger partial charge on any atom is -0.495 e. The molecule has 0 aliphatic rings. The van der Waals surface area contributed by atoms with E-state index in [1.807, 2.05) is 12.1 Å². The fourth-order valence-corrected chi connectivity index (χ4v) is 3.63. The van der Waals surface area contributed by atoms with Crippen molar-refractivity contribution < 1.29 is 14.4 Å². The van der Waals surface area contributed by atoms with Crippen molar-refractivity contribution in [1.29, 1.82) is 0 Å². The number of anilines is 1. The lowest BCUT2D eigenvalue weighted by Gasteiger charge is -2.17. The third kappa shape index (κ3) is 5.53. The Balaban J connectivity index is 2.02. The minimum atomic E-state index is -0.116. The summed E-state index contributed by atoms with van der Waals surface area (Å²) in [6.07, 6.45) is 1.80. The van der Waals surface area contributed by atoms with E-state index in [0.29, 0.717) is 36.1 Å². The molecule has 2 aromatic rings. The van der Waals surface area contributed by atoms with Crippen LogP contribution >= 0.6 is 34.5 Å². The van der Waals surface area contributed by atoms with Crippen LogP contribution in [0.2, 0.25) is 9.36 Å². The van der Waals surface area contributed by atoms with Crippen LogP contribution in [0.25, 0.3) is 0 Å². The molecular formula is C17H19Cl2N2O2S+. The molecule has 0 bridgehead atoms. The van der Waals surface area contributed by atoms with E-state index in [1.54, 1.807) is 31.4 Å². The van der Waals surface area contributed by atoms with Crippen molar-refractivity contribution in [2.75, 3.05) is 25.5 Å². The molecule has 2 rings (SSSR count). The number of thiophene rings is 1. The lowest BCUT2D eigenvalue weighted by Crippen LogP contribution is -3.11. The number of carbonyl (C=O) groups excluding carboxylic acids is 1. The summed E-state index contributed by atoms with van der Waals surface area (Å²) in [7, 11) is 1.55. The van der Waals surface area contributed by atoms with Gasteiger partial charge in [0.1, 0.15) is 12.3 Å². The number of hydrogen-bond donors (Lipinski definition) is 2. The van der Waals surface area contributed by atoms with E-state index in [9.17, 15) is 4.79 Å². The third-order valence-electron chi connectivity index (χ3n) is 3.33. The highest BCUT2D eigenvalue weighted by molar-refractivity contribution is 7.16. The van der Waals surface area contributed by atoms with E-state index in [0.717, 1.165) is 14.1 Å². The summed E-state index contributed by atoms with van der Waals surface area (Å²) in [6.45, 7) is 5.46. The molecule has 1 aromatic heterocycles. The molecule has 0 fully saturated rings. The summed E-state index contributed by atoms with van der Waals surface area (Å²) >= 11 is 13.5. The van der Waals surface area contributed by atoms with Crippen LogP contribution in [0.15, 0.2) is 43.0 Å². The molecule has 1 heterocycles. The zero-order chi connectivity index (χ0) is 17.5. The van der Waals surface area contributed by atoms with Crippen molar-refractivity contribution in [3.05, 3.63) is 57.2 Å². The fourth-order valence-electron chi connectivity index (χ4n) is 2.30. The zero-order valence-corrected chi connectivity index (χ0v) is 15.6. The van der Waals surface area contributed by atoms with E-state index < -0.39 is 0 Å². The molecule has 7 heteroatoms. The first-order valence-electron chi connectivity index (χ1n) is 7.34. The van der Waals surface area contributed by atoms with Gasteiger partial charge in [0.2, 0.25) is 0 Å². The molecule has 128 valence electrons. The second-order valence-electron chi connectivity index (χ2n) is 5.19. The van der Waals surface area contributed by atoms with Crippen molar-refractivity contribution in [3.63, 3.8) is 0 Å². The summed E-state index contributed by atoms with van der Waals surface area (Å²) in [4.78, 5) is 14.6. The van der Waals surface area contributed by atoms with Crippen molar-refractivity contribution in [3.8, 4) is 5.75 Å². The number of amides is 1. The summed E-state index contributed by atoms with van der Waals surface area (Å²) < 4.78 is 5.99. The highest BCUT2D eigenvalue weighted by Gasteiger charge is 2.16. The average molecular weight is 386 g/mol. The Morgan fingerprint density at radius 2 is 2.17 bits per heavy atom. The third-order valence-corrected chi connectivity index (χ3v) is 4.80. The van der Waals surface area contributed by atoms with Gasteiger partial charge in [-0.05, 0) is 36.4 Å². The number of quaternary nitrogens is 1. The van der Waals surface area contributed by atoms with Gasteiger partial charge in [0, 0.05) is 5.02 Å². The van der Waals surface area contributed by atoms with Crippen LogP contribution in [0.3, 0.4) is 0 Å². The number of ether oxygens (including phenoxy) is 1. The van der Waals surface area contributed by atoms with Crippen LogP contribution in [-0.4, -0.2) is 26.1 Å². The van der Waals surface area contributed by atoms with E-state index in [1.165, 1.54) is 11.3 Å². The fraction of sp³-hybridized carbons (Fsp3) is 0.235. The van der Waals surface area contributed by atoms with Gasteiger partial charge in [-0.25, -0.2) is 0 Å². The van der Waals surface area contributed by atoms with Crippen LogP contribution in [0.5, 0.6) is 5.75 Å². The molecular weight excluding hydrogens is 367 g/mol. The quantitative estimate of drug-likeness (QED) is 0.684. The number of nitrogens with one attached hydrogen (secondary N) is 2. The SMILES string of the molecule is C=CC[NH+](CC(=O)Nc1cc(Cl)ccc1OC)Cc1ccc(Cl)s1. The van der Waals surface area contributed by atoms with Gasteiger partial charge in [-0.3, -0.25) is 4.79 Å². The Bertz CT molecular complexity index is 718. The maximum Gasteiger partial charge on any atom is 0.279 e. The van der Waals surface area contributed by atoms with E-state index in [2.05, 4.69) is 11.9 Å². The van der Waals surface area contributed by atoms with Crippen LogP contribution in [-0.2, 0) is 11.3 Å². The lowest BCUT2D eigenvalue weighted by atomic mass is 10.3. The Kier molecular flexibility index (Phi) is 7.12. The van der Waals surface area contributed by atoms with Crippen molar-refractivity contribution in [2.45, 2.75) is 6.54 Å². The predicted octanol–water partition coefficient (Wildman–Crippen LogP) is 3.27. The molecule has 0 aliphatic heterocycles. The lowest BCUT2D eigenvalue weighted by molar-refractivity contribution is -0.899. The van der Waals surface area contributed by atoms with Crippen molar-refractivity contribution in [1.82, 2.24) is 0 Å². The molecule has 2 N–H and O–H groups in total. The first kappa shape index (κ1) is 18.8. The maximum atomic E-state index is 12.4. The number of hydrogen-bond acceptors (Lipinski definition) is 3. The molecule has 0 aliphatic carbocycles. The van der Waals surface area contributed by atoms with Gasteiger partial charge >= 0.3 is 0 Å². The van der Waals surface area contributed by atoms with Crippen molar-refractivity contribution in [2.24, 2.45) is 0 Å². The first-order valence-corrected chi connectivity index (χ1v) is 8.91. The number of carbonyl (C=O) groups is 1. The molecule has 0 spiro atoms. The zero-order valence-electron chi connectivity index (χ0n) is 13.3. The Hall–Kier alpha value is -1.53. The van der Waals surface area contributed by atoms with Gasteiger partial charge < -0.3 is 15.0 Å². The first-order chi connectivity index (χ1) is 11.5. The molecule has 0 saturated carbocycles. The molecule has 1 amide bonds. The average Bonchev–Trinajstić information content (AvgIpc) is 2.92. The van der Waals surface area contributed by atoms with Gasteiger partial charge in [0.15, 0.2) is 6.54 Å². The Labute approximate surface area is 155 Å². The largest absolute Gasteiger partial charge is 0.495 e. The standard InChI is InChI=1S/C17H18Cl2N2O2S/c1-3-8-21(10-13-5-7-16(19)24-13)11-17(22)20-14-9-12(18)4-6-15(14)23-2/h3-7,9H,1,8,10-11H2,2H3,(H,20,22)/p+1. The number of benzene rings is 1. The van der Waals surface area contributed by atoms with Gasteiger partial charge in [-0.15, -0.1) is 11.3 Å². The summed E-state index contributed by atoms with van der Waals surface area (Å²) in [5.41, 5.74) is 0.562. The Morgan fingerprint density at radius 3 is 2.79 bits per heavy atom. The van der Waals surface area contributed by atoms with Crippen molar-refractivity contribution >= 4 is 46.1 Å². The molecule has 1 aromatic carbocycles. The number of methoxy groups -OCH3 is 1. The van der Waals surface area contributed by atoms with Gasteiger partial charge in [-0.2, -0.15) is 0 Å². The second-order valence-corrected chi connectivity index (χ2v) is 7.43. The smallest absolute Gasteiger partial charge is 0.279 e. The van der Waals surface area contributed by atoms with E-state index in [4.69, 9.17) is 27.9 Å². The molecule has 24 heavy (non-hydrogen) atoms. The van der Waals surface area contributed by atoms with Gasteiger partial charge in [-0.1, -0.05) is 29.8 Å². The van der Waals surface area contributed by atoms with Crippen LogP contribution in [0.1, 0.15) is 4.88 Å². The summed E-state index contributed by atoms with van der Waals surface area (Å²) in [5.74, 6) is 0.457. The second kappa shape index (κ2) is 9.08. The highest BCUT2D eigenvalue weighted by atomic mass is 35.5. The molecule has 1 unspecified atom stereocenters. The predicted molar refractivity (Wildman–Crippen MR) is 101 cm³/mol. The molecule has 0 radical (unpaired) electrons. The van der Waals surface area contributed by atoms with Crippen LogP contribution < -0.4 is 15.0 Å². The van der Waals surface area contributed by atoms with E-state index >= 15 is 0 Å². The maximum absolute atomic E-state index is 12.4. The summed E-state index contributed by atoms with van der Waals surface area (Å²) in [6, 6.07) is 8.95. The number of halogens is 2. The Morgan fingerprint density at radius 1 is 1.38 bits per heavy atom. The van der Waals surface area contributed by atoms with Gasteiger partial charge in [0.25, 0.3) is 5.91 Å². The van der Waals surface area contributed by atoms with Crippen LogP contribution in [0.4, 0.5) is 5.69 Å². The highest BCUT2D eigenvalue weighted by Crippen LogP contribution is 2.27. The summed E-state index contributed by atoms with van der Waals surface area (Å²) in [5, 5.41) is 3.39.